The Morgan fingerprint density at radius 1 is 1.17 bits per heavy atom. The summed E-state index contributed by atoms with van der Waals surface area (Å²) in [6.45, 7) is 6.40. The third kappa shape index (κ3) is 3.02. The van der Waals surface area contributed by atoms with Gasteiger partial charge in [-0.15, -0.1) is 11.3 Å². The summed E-state index contributed by atoms with van der Waals surface area (Å²) in [6, 6.07) is 8.82. The Morgan fingerprint density at radius 3 is 2.44 bits per heavy atom. The third-order valence-corrected chi connectivity index (χ3v) is 5.54. The van der Waals surface area contributed by atoms with Gasteiger partial charge in [0.05, 0.1) is 0 Å². The number of aryl methyl sites for hydroxylation is 3. The van der Waals surface area contributed by atoms with Gasteiger partial charge >= 0.3 is 0 Å². The van der Waals surface area contributed by atoms with Gasteiger partial charge in [0.2, 0.25) is 0 Å². The SMILES string of the molecule is Cc1ccc(CC(N)c2cc(Br)c(C)s2)cc1C. The molecule has 96 valence electrons. The molecule has 0 amide bonds. The summed E-state index contributed by atoms with van der Waals surface area (Å²) in [5.41, 5.74) is 10.3. The lowest BCUT2D eigenvalue weighted by molar-refractivity contribution is 0.735. The summed E-state index contributed by atoms with van der Waals surface area (Å²) in [5, 5.41) is 0. The van der Waals surface area contributed by atoms with E-state index in [0.29, 0.717) is 0 Å². The fourth-order valence-corrected chi connectivity index (χ4v) is 3.51. The van der Waals surface area contributed by atoms with E-state index in [4.69, 9.17) is 5.73 Å². The van der Waals surface area contributed by atoms with E-state index >= 15 is 0 Å². The van der Waals surface area contributed by atoms with E-state index in [2.05, 4.69) is 61.0 Å². The van der Waals surface area contributed by atoms with Crippen LogP contribution in [0.4, 0.5) is 0 Å². The molecule has 1 atom stereocenters. The predicted molar refractivity (Wildman–Crippen MR) is 83.3 cm³/mol. The molecule has 1 heterocycles. The van der Waals surface area contributed by atoms with E-state index in [-0.39, 0.29) is 6.04 Å². The summed E-state index contributed by atoms with van der Waals surface area (Å²) < 4.78 is 1.16. The van der Waals surface area contributed by atoms with E-state index in [1.54, 1.807) is 11.3 Å². The summed E-state index contributed by atoms with van der Waals surface area (Å²) in [6.07, 6.45) is 0.896. The number of hydrogen-bond donors (Lipinski definition) is 1. The number of thiophene rings is 1. The lowest BCUT2D eigenvalue weighted by Gasteiger charge is -2.11. The van der Waals surface area contributed by atoms with Crippen LogP contribution in [0.2, 0.25) is 0 Å². The zero-order chi connectivity index (χ0) is 13.3. The second kappa shape index (κ2) is 5.55. The van der Waals surface area contributed by atoms with Crippen LogP contribution in [0.1, 0.15) is 32.5 Å². The van der Waals surface area contributed by atoms with E-state index in [1.165, 1.54) is 26.4 Å². The van der Waals surface area contributed by atoms with Crippen LogP contribution in [-0.2, 0) is 6.42 Å². The van der Waals surface area contributed by atoms with Gasteiger partial charge in [0.15, 0.2) is 0 Å². The Hall–Kier alpha value is -0.640. The van der Waals surface area contributed by atoms with Crippen LogP contribution in [0.3, 0.4) is 0 Å². The van der Waals surface area contributed by atoms with Gasteiger partial charge in [0.1, 0.15) is 0 Å². The van der Waals surface area contributed by atoms with Gasteiger partial charge in [-0.2, -0.15) is 0 Å². The lowest BCUT2D eigenvalue weighted by Crippen LogP contribution is -2.11. The molecular formula is C15H18BrNS. The quantitative estimate of drug-likeness (QED) is 0.872. The molecule has 0 aliphatic carbocycles. The molecule has 18 heavy (non-hydrogen) atoms. The number of halogens is 1. The zero-order valence-corrected chi connectivity index (χ0v) is 13.4. The molecule has 0 saturated carbocycles. The Morgan fingerprint density at radius 2 is 1.89 bits per heavy atom. The van der Waals surface area contributed by atoms with Gasteiger partial charge in [-0.3, -0.25) is 0 Å². The standard InChI is InChI=1S/C15H18BrNS/c1-9-4-5-12(6-10(9)2)7-14(17)15-8-13(16)11(3)18-15/h4-6,8,14H,7,17H2,1-3H3. The van der Waals surface area contributed by atoms with E-state index in [0.717, 1.165) is 10.9 Å². The van der Waals surface area contributed by atoms with Crippen molar-refractivity contribution >= 4 is 27.3 Å². The van der Waals surface area contributed by atoms with Crippen LogP contribution in [0.5, 0.6) is 0 Å². The van der Waals surface area contributed by atoms with Crippen LogP contribution in [0.25, 0.3) is 0 Å². The van der Waals surface area contributed by atoms with Gasteiger partial charge < -0.3 is 5.73 Å². The molecule has 0 radical (unpaired) electrons. The van der Waals surface area contributed by atoms with Crippen LogP contribution in [0.15, 0.2) is 28.7 Å². The van der Waals surface area contributed by atoms with Gasteiger partial charge in [-0.25, -0.2) is 0 Å². The smallest absolute Gasteiger partial charge is 0.0431 e. The molecule has 1 unspecified atom stereocenters. The van der Waals surface area contributed by atoms with Crippen LogP contribution >= 0.6 is 27.3 Å². The van der Waals surface area contributed by atoms with Crippen molar-refractivity contribution in [2.75, 3.05) is 0 Å². The van der Waals surface area contributed by atoms with Crippen molar-refractivity contribution in [1.29, 1.82) is 0 Å². The largest absolute Gasteiger partial charge is 0.323 e. The molecule has 0 aliphatic heterocycles. The molecular weight excluding hydrogens is 306 g/mol. The van der Waals surface area contributed by atoms with Crippen LogP contribution in [0, 0.1) is 20.8 Å². The molecule has 3 heteroatoms. The Labute approximate surface area is 121 Å². The maximum atomic E-state index is 6.29. The fourth-order valence-electron chi connectivity index (χ4n) is 1.95. The van der Waals surface area contributed by atoms with Crippen molar-refractivity contribution in [3.63, 3.8) is 0 Å². The monoisotopic (exact) mass is 323 g/mol. The number of hydrogen-bond acceptors (Lipinski definition) is 2. The Balaban J connectivity index is 2.15. The summed E-state index contributed by atoms with van der Waals surface area (Å²) in [7, 11) is 0. The maximum Gasteiger partial charge on any atom is 0.0431 e. The third-order valence-electron chi connectivity index (χ3n) is 3.27. The minimum atomic E-state index is 0.0853. The molecule has 0 spiro atoms. The molecule has 0 fully saturated rings. The van der Waals surface area contributed by atoms with E-state index in [1.807, 2.05) is 0 Å². The Bertz CT molecular complexity index is 540. The number of benzene rings is 1. The molecule has 1 aromatic carbocycles. The van der Waals surface area contributed by atoms with Gasteiger partial charge in [-0.1, -0.05) is 18.2 Å². The molecule has 2 rings (SSSR count). The normalized spacial score (nSPS) is 12.7. The lowest BCUT2D eigenvalue weighted by atomic mass is 10.0. The summed E-state index contributed by atoms with van der Waals surface area (Å²) in [5.74, 6) is 0. The van der Waals surface area contributed by atoms with Gasteiger partial charge in [0, 0.05) is 20.3 Å². The molecule has 1 nitrogen and oxygen atoms in total. The highest BCUT2D eigenvalue weighted by Gasteiger charge is 2.12. The van der Waals surface area contributed by atoms with Crippen LogP contribution < -0.4 is 5.73 Å². The highest BCUT2D eigenvalue weighted by atomic mass is 79.9. The summed E-state index contributed by atoms with van der Waals surface area (Å²) in [4.78, 5) is 2.54. The zero-order valence-electron chi connectivity index (χ0n) is 11.0. The van der Waals surface area contributed by atoms with E-state index < -0.39 is 0 Å². The van der Waals surface area contributed by atoms with E-state index in [9.17, 15) is 0 Å². The van der Waals surface area contributed by atoms with Crippen molar-refractivity contribution in [2.45, 2.75) is 33.2 Å². The predicted octanol–water partition coefficient (Wildman–Crippen LogP) is 4.68. The van der Waals surface area contributed by atoms with Gasteiger partial charge in [-0.05, 0) is 65.9 Å². The molecule has 0 aliphatic rings. The molecule has 2 aromatic rings. The molecule has 2 N–H and O–H groups in total. The minimum Gasteiger partial charge on any atom is -0.323 e. The first kappa shape index (κ1) is 13.8. The first-order valence-electron chi connectivity index (χ1n) is 6.05. The topological polar surface area (TPSA) is 26.0 Å². The molecule has 0 saturated heterocycles. The highest BCUT2D eigenvalue weighted by Crippen LogP contribution is 2.31. The average molecular weight is 324 g/mol. The number of nitrogens with two attached hydrogens (primary N) is 1. The Kier molecular flexibility index (Phi) is 4.25. The van der Waals surface area contributed by atoms with Crippen molar-refractivity contribution in [3.05, 3.63) is 55.2 Å². The first-order chi connectivity index (χ1) is 8.47. The minimum absolute atomic E-state index is 0.0853. The fraction of sp³-hybridized carbons (Fsp3) is 0.333. The molecule has 1 aromatic heterocycles. The van der Waals surface area contributed by atoms with Crippen molar-refractivity contribution in [3.8, 4) is 0 Å². The van der Waals surface area contributed by atoms with Crippen molar-refractivity contribution in [2.24, 2.45) is 5.73 Å². The maximum absolute atomic E-state index is 6.29. The van der Waals surface area contributed by atoms with Crippen LogP contribution in [-0.4, -0.2) is 0 Å². The second-order valence-electron chi connectivity index (χ2n) is 4.78. The summed E-state index contributed by atoms with van der Waals surface area (Å²) >= 11 is 5.32. The van der Waals surface area contributed by atoms with Crippen molar-refractivity contribution < 1.29 is 0 Å². The first-order valence-corrected chi connectivity index (χ1v) is 7.66. The highest BCUT2D eigenvalue weighted by molar-refractivity contribution is 9.10. The average Bonchev–Trinajstić information content (AvgIpc) is 2.65. The van der Waals surface area contributed by atoms with Crippen molar-refractivity contribution in [1.82, 2.24) is 0 Å². The molecule has 0 bridgehead atoms. The van der Waals surface area contributed by atoms with Gasteiger partial charge in [0.25, 0.3) is 0 Å². The number of rotatable bonds is 3. The second-order valence-corrected chi connectivity index (χ2v) is 6.92.